The smallest absolute Gasteiger partial charge is 0.141 e. The first-order valence-corrected chi connectivity index (χ1v) is 5.94. The maximum absolute atomic E-state index is 5.84. The van der Waals surface area contributed by atoms with Crippen LogP contribution in [-0.4, -0.2) is 24.2 Å². The molecule has 0 fully saturated rings. The van der Waals surface area contributed by atoms with Gasteiger partial charge in [-0.2, -0.15) is 0 Å². The van der Waals surface area contributed by atoms with E-state index in [0.29, 0.717) is 6.54 Å². The molecule has 0 aliphatic carbocycles. The van der Waals surface area contributed by atoms with E-state index in [4.69, 9.17) is 11.2 Å². The van der Waals surface area contributed by atoms with Gasteiger partial charge in [0.15, 0.2) is 0 Å². The largest absolute Gasteiger partial charge is 0.487 e. The van der Waals surface area contributed by atoms with Crippen molar-refractivity contribution in [3.8, 4) is 18.1 Å². The summed E-state index contributed by atoms with van der Waals surface area (Å²) < 4.78 is 5.84. The first-order valence-electron chi connectivity index (χ1n) is 5.94. The minimum absolute atomic E-state index is 0.0816. The van der Waals surface area contributed by atoms with Crippen LogP contribution in [0.1, 0.15) is 25.2 Å². The van der Waals surface area contributed by atoms with E-state index in [1.807, 2.05) is 26.0 Å². The quantitative estimate of drug-likeness (QED) is 0.601. The van der Waals surface area contributed by atoms with Gasteiger partial charge in [-0.1, -0.05) is 12.8 Å². The Kier molecular flexibility index (Phi) is 5.51. The SMILES string of the molecule is C#CCNCC(C)Oc1ccc(C)nc1CC. The lowest BCUT2D eigenvalue weighted by Gasteiger charge is -2.17. The fourth-order valence-corrected chi connectivity index (χ4v) is 1.56. The number of pyridine rings is 1. The lowest BCUT2D eigenvalue weighted by atomic mass is 10.2. The standard InChI is InChI=1S/C14H20N2O/c1-5-9-15-10-12(4)17-14-8-7-11(3)16-13(14)6-2/h1,7-8,12,15H,6,9-10H2,2-4H3. The van der Waals surface area contributed by atoms with Crippen molar-refractivity contribution < 1.29 is 4.74 Å². The molecule has 1 heterocycles. The molecular formula is C14H20N2O. The summed E-state index contributed by atoms with van der Waals surface area (Å²) in [5.74, 6) is 3.41. The van der Waals surface area contributed by atoms with Gasteiger partial charge in [0, 0.05) is 12.2 Å². The number of aryl methyl sites for hydroxylation is 2. The topological polar surface area (TPSA) is 34.1 Å². The molecule has 92 valence electrons. The van der Waals surface area contributed by atoms with Crippen molar-refractivity contribution in [2.75, 3.05) is 13.1 Å². The highest BCUT2D eigenvalue weighted by Crippen LogP contribution is 2.18. The molecule has 0 aliphatic rings. The Bertz CT molecular complexity index is 396. The van der Waals surface area contributed by atoms with Crippen molar-refractivity contribution in [1.29, 1.82) is 0 Å². The number of ether oxygens (including phenoxy) is 1. The second-order valence-electron chi connectivity index (χ2n) is 4.01. The van der Waals surface area contributed by atoms with E-state index in [0.717, 1.165) is 30.1 Å². The number of terminal acetylenes is 1. The summed E-state index contributed by atoms with van der Waals surface area (Å²) in [5, 5.41) is 3.12. The van der Waals surface area contributed by atoms with E-state index in [1.54, 1.807) is 0 Å². The molecule has 1 aromatic rings. The number of hydrogen-bond acceptors (Lipinski definition) is 3. The molecule has 0 saturated heterocycles. The van der Waals surface area contributed by atoms with Crippen molar-refractivity contribution in [1.82, 2.24) is 10.3 Å². The van der Waals surface area contributed by atoms with Crippen LogP contribution in [-0.2, 0) is 6.42 Å². The first-order chi connectivity index (χ1) is 8.17. The van der Waals surface area contributed by atoms with Crippen molar-refractivity contribution in [3.05, 3.63) is 23.5 Å². The Morgan fingerprint density at radius 3 is 2.94 bits per heavy atom. The average Bonchev–Trinajstić information content (AvgIpc) is 2.32. The van der Waals surface area contributed by atoms with E-state index in [2.05, 4.69) is 23.1 Å². The van der Waals surface area contributed by atoms with Crippen molar-refractivity contribution >= 4 is 0 Å². The summed E-state index contributed by atoms with van der Waals surface area (Å²) in [6.07, 6.45) is 6.12. The molecule has 0 saturated carbocycles. The maximum Gasteiger partial charge on any atom is 0.141 e. The molecule has 3 nitrogen and oxygen atoms in total. The summed E-state index contributed by atoms with van der Waals surface area (Å²) in [6, 6.07) is 3.95. The Morgan fingerprint density at radius 1 is 1.53 bits per heavy atom. The molecule has 0 radical (unpaired) electrons. The predicted octanol–water partition coefficient (Wildman–Crippen LogP) is 1.94. The molecule has 0 bridgehead atoms. The van der Waals surface area contributed by atoms with Crippen LogP contribution in [0.5, 0.6) is 5.75 Å². The van der Waals surface area contributed by atoms with E-state index in [9.17, 15) is 0 Å². The van der Waals surface area contributed by atoms with Gasteiger partial charge in [-0.3, -0.25) is 4.98 Å². The Balaban J connectivity index is 2.58. The molecule has 0 aliphatic heterocycles. The molecule has 3 heteroatoms. The Hall–Kier alpha value is -1.53. The highest BCUT2D eigenvalue weighted by Gasteiger charge is 2.08. The second kappa shape index (κ2) is 6.93. The van der Waals surface area contributed by atoms with E-state index >= 15 is 0 Å². The molecule has 0 aromatic carbocycles. The number of nitrogens with zero attached hydrogens (tertiary/aromatic N) is 1. The summed E-state index contributed by atoms with van der Waals surface area (Å²) in [6.45, 7) is 7.39. The van der Waals surface area contributed by atoms with Gasteiger partial charge in [0.25, 0.3) is 0 Å². The summed E-state index contributed by atoms with van der Waals surface area (Å²) in [7, 11) is 0. The first kappa shape index (κ1) is 13.5. The van der Waals surface area contributed by atoms with Gasteiger partial charge in [0.05, 0.1) is 12.2 Å². The number of nitrogens with one attached hydrogen (secondary N) is 1. The molecule has 1 aromatic heterocycles. The fourth-order valence-electron chi connectivity index (χ4n) is 1.56. The van der Waals surface area contributed by atoms with Crippen molar-refractivity contribution in [2.45, 2.75) is 33.3 Å². The minimum atomic E-state index is 0.0816. The summed E-state index contributed by atoms with van der Waals surface area (Å²) >= 11 is 0. The number of aromatic nitrogens is 1. The molecule has 1 unspecified atom stereocenters. The molecule has 0 amide bonds. The van der Waals surface area contributed by atoms with Crippen LogP contribution in [0.25, 0.3) is 0 Å². The van der Waals surface area contributed by atoms with Crippen LogP contribution < -0.4 is 10.1 Å². The van der Waals surface area contributed by atoms with E-state index in [1.165, 1.54) is 0 Å². The number of hydrogen-bond donors (Lipinski definition) is 1. The van der Waals surface area contributed by atoms with Crippen LogP contribution in [0.15, 0.2) is 12.1 Å². The normalized spacial score (nSPS) is 11.9. The van der Waals surface area contributed by atoms with Gasteiger partial charge in [-0.25, -0.2) is 0 Å². The van der Waals surface area contributed by atoms with Gasteiger partial charge in [0.2, 0.25) is 0 Å². The third-order valence-corrected chi connectivity index (χ3v) is 2.39. The molecule has 17 heavy (non-hydrogen) atoms. The van der Waals surface area contributed by atoms with E-state index in [-0.39, 0.29) is 6.10 Å². The van der Waals surface area contributed by atoms with Crippen molar-refractivity contribution in [2.24, 2.45) is 0 Å². The fraction of sp³-hybridized carbons (Fsp3) is 0.500. The molecule has 1 atom stereocenters. The predicted molar refractivity (Wildman–Crippen MR) is 70.1 cm³/mol. The highest BCUT2D eigenvalue weighted by molar-refractivity contribution is 5.29. The van der Waals surface area contributed by atoms with Crippen LogP contribution in [0, 0.1) is 19.3 Å². The lowest BCUT2D eigenvalue weighted by molar-refractivity contribution is 0.216. The monoisotopic (exact) mass is 232 g/mol. The van der Waals surface area contributed by atoms with Gasteiger partial charge in [-0.05, 0) is 32.4 Å². The van der Waals surface area contributed by atoms with Crippen LogP contribution in [0.3, 0.4) is 0 Å². The van der Waals surface area contributed by atoms with Crippen LogP contribution in [0.2, 0.25) is 0 Å². The van der Waals surface area contributed by atoms with Crippen LogP contribution in [0.4, 0.5) is 0 Å². The summed E-state index contributed by atoms with van der Waals surface area (Å²) in [5.41, 5.74) is 2.03. The Morgan fingerprint density at radius 2 is 2.29 bits per heavy atom. The third-order valence-electron chi connectivity index (χ3n) is 2.39. The summed E-state index contributed by atoms with van der Waals surface area (Å²) in [4.78, 5) is 4.46. The highest BCUT2D eigenvalue weighted by atomic mass is 16.5. The number of rotatable bonds is 6. The zero-order chi connectivity index (χ0) is 12.7. The van der Waals surface area contributed by atoms with Gasteiger partial charge in [-0.15, -0.1) is 6.42 Å². The minimum Gasteiger partial charge on any atom is -0.487 e. The van der Waals surface area contributed by atoms with Gasteiger partial charge >= 0.3 is 0 Å². The second-order valence-corrected chi connectivity index (χ2v) is 4.01. The van der Waals surface area contributed by atoms with E-state index < -0.39 is 0 Å². The molecule has 1 rings (SSSR count). The molecule has 0 spiro atoms. The van der Waals surface area contributed by atoms with Crippen molar-refractivity contribution in [3.63, 3.8) is 0 Å². The Labute approximate surface area is 104 Å². The average molecular weight is 232 g/mol. The lowest BCUT2D eigenvalue weighted by Crippen LogP contribution is -2.29. The third kappa shape index (κ3) is 4.46. The van der Waals surface area contributed by atoms with Gasteiger partial charge < -0.3 is 10.1 Å². The maximum atomic E-state index is 5.84. The molecule has 1 N–H and O–H groups in total. The zero-order valence-corrected chi connectivity index (χ0v) is 10.8. The zero-order valence-electron chi connectivity index (χ0n) is 10.8. The molecular weight excluding hydrogens is 212 g/mol. The van der Waals surface area contributed by atoms with Crippen LogP contribution >= 0.6 is 0 Å². The van der Waals surface area contributed by atoms with Gasteiger partial charge in [0.1, 0.15) is 11.9 Å².